The quantitative estimate of drug-likeness (QED) is 0.338. The molecule has 3 aromatic rings. The number of amides is 1. The molecule has 0 spiro atoms. The maximum atomic E-state index is 12.4. The number of carboxylic acid groups (broad SMARTS) is 1. The van der Waals surface area contributed by atoms with E-state index < -0.39 is 18.2 Å². The summed E-state index contributed by atoms with van der Waals surface area (Å²) in [6.07, 6.45) is 0.443. The van der Waals surface area contributed by atoms with Crippen LogP contribution in [0.5, 0.6) is 0 Å². The van der Waals surface area contributed by atoms with Crippen molar-refractivity contribution in [3.05, 3.63) is 70.4 Å². The molecule has 162 valence electrons. The summed E-state index contributed by atoms with van der Waals surface area (Å²) in [4.78, 5) is 22.9. The molecule has 0 bridgehead atoms. The summed E-state index contributed by atoms with van der Waals surface area (Å²) >= 11 is 5.02. The van der Waals surface area contributed by atoms with E-state index in [0.29, 0.717) is 17.1 Å². The maximum Gasteiger partial charge on any atom is 0.412 e. The number of halogens is 1. The summed E-state index contributed by atoms with van der Waals surface area (Å²) in [6, 6.07) is 15.2. The Balaban J connectivity index is 1.59. The van der Waals surface area contributed by atoms with Crippen molar-refractivity contribution in [1.29, 1.82) is 0 Å². The number of carboxylic acids is 1. The molecular formula is C22H21BrN2O5S. The Morgan fingerprint density at radius 3 is 2.68 bits per heavy atom. The lowest BCUT2D eigenvalue weighted by atomic mass is 10.1. The number of hydrogen-bond acceptors (Lipinski definition) is 6. The minimum Gasteiger partial charge on any atom is -0.481 e. The molecule has 3 rings (SSSR count). The minimum atomic E-state index is -0.793. The van der Waals surface area contributed by atoms with E-state index in [9.17, 15) is 9.59 Å². The molecule has 9 heteroatoms. The second-order valence-corrected chi connectivity index (χ2v) is 8.62. The monoisotopic (exact) mass is 504 g/mol. The SMILES string of the molecule is CC(OC(=O)Nc1conc1-c1ccc(CSCCC(=O)O)cc1)c1ccccc1Br. The Hall–Kier alpha value is -2.78. The molecule has 1 unspecified atom stereocenters. The summed E-state index contributed by atoms with van der Waals surface area (Å²) in [6.45, 7) is 1.79. The van der Waals surface area contributed by atoms with Crippen LogP contribution in [-0.4, -0.2) is 28.1 Å². The summed E-state index contributed by atoms with van der Waals surface area (Å²) in [5.74, 6) is 0.490. The van der Waals surface area contributed by atoms with Crippen LogP contribution in [0.2, 0.25) is 0 Å². The number of hydrogen-bond donors (Lipinski definition) is 2. The molecule has 2 aromatic carbocycles. The van der Waals surface area contributed by atoms with Gasteiger partial charge < -0.3 is 14.4 Å². The molecule has 1 heterocycles. The standard InChI is InChI=1S/C22H21BrN2O5S/c1-14(17-4-2-3-5-18(17)23)30-22(28)24-19-12-29-25-21(19)16-8-6-15(7-9-16)13-31-11-10-20(26)27/h2-9,12,14H,10-11,13H2,1H3,(H,24,28)(H,26,27). The molecular weight excluding hydrogens is 484 g/mol. The Morgan fingerprint density at radius 1 is 1.23 bits per heavy atom. The van der Waals surface area contributed by atoms with Crippen LogP contribution in [0.3, 0.4) is 0 Å². The summed E-state index contributed by atoms with van der Waals surface area (Å²) in [7, 11) is 0. The average Bonchev–Trinajstić information content (AvgIpc) is 3.19. The average molecular weight is 505 g/mol. The van der Waals surface area contributed by atoms with Crippen molar-refractivity contribution in [2.45, 2.75) is 25.2 Å². The number of benzene rings is 2. The molecule has 1 aromatic heterocycles. The first-order valence-corrected chi connectivity index (χ1v) is 11.4. The number of aromatic nitrogens is 1. The Kier molecular flexibility index (Phi) is 8.13. The van der Waals surface area contributed by atoms with Gasteiger partial charge in [0.25, 0.3) is 0 Å². The summed E-state index contributed by atoms with van der Waals surface area (Å²) in [5.41, 5.74) is 3.62. The van der Waals surface area contributed by atoms with Gasteiger partial charge in [0.05, 0.1) is 6.42 Å². The topological polar surface area (TPSA) is 102 Å². The van der Waals surface area contributed by atoms with Gasteiger partial charge >= 0.3 is 12.1 Å². The third-order valence-electron chi connectivity index (χ3n) is 4.39. The lowest BCUT2D eigenvalue weighted by molar-refractivity contribution is -0.136. The number of anilines is 1. The highest BCUT2D eigenvalue weighted by Crippen LogP contribution is 2.29. The Bertz CT molecular complexity index is 1040. The number of rotatable bonds is 9. The maximum absolute atomic E-state index is 12.4. The van der Waals surface area contributed by atoms with Gasteiger partial charge in [-0.25, -0.2) is 4.79 Å². The Labute approximate surface area is 192 Å². The molecule has 0 saturated heterocycles. The highest BCUT2D eigenvalue weighted by atomic mass is 79.9. The van der Waals surface area contributed by atoms with Gasteiger partial charge in [0.2, 0.25) is 0 Å². The molecule has 0 radical (unpaired) electrons. The van der Waals surface area contributed by atoms with E-state index in [2.05, 4.69) is 26.4 Å². The van der Waals surface area contributed by atoms with E-state index in [1.165, 1.54) is 6.26 Å². The predicted octanol–water partition coefficient (Wildman–Crippen LogP) is 6.12. The summed E-state index contributed by atoms with van der Waals surface area (Å²) < 4.78 is 11.4. The predicted molar refractivity (Wildman–Crippen MR) is 123 cm³/mol. The van der Waals surface area contributed by atoms with E-state index in [4.69, 9.17) is 14.4 Å². The van der Waals surface area contributed by atoms with Gasteiger partial charge in [-0.15, -0.1) is 0 Å². The smallest absolute Gasteiger partial charge is 0.412 e. The van der Waals surface area contributed by atoms with Crippen molar-refractivity contribution in [3.8, 4) is 11.3 Å². The van der Waals surface area contributed by atoms with Crippen molar-refractivity contribution < 1.29 is 24.0 Å². The van der Waals surface area contributed by atoms with Gasteiger partial charge in [-0.1, -0.05) is 63.6 Å². The molecule has 0 fully saturated rings. The first-order valence-electron chi connectivity index (χ1n) is 9.49. The van der Waals surface area contributed by atoms with E-state index in [1.807, 2.05) is 48.5 Å². The lowest BCUT2D eigenvalue weighted by Crippen LogP contribution is -2.16. The lowest BCUT2D eigenvalue weighted by Gasteiger charge is -2.15. The van der Waals surface area contributed by atoms with Crippen LogP contribution in [0.25, 0.3) is 11.3 Å². The van der Waals surface area contributed by atoms with Crippen molar-refractivity contribution in [2.24, 2.45) is 0 Å². The second kappa shape index (κ2) is 11.0. The van der Waals surface area contributed by atoms with Gasteiger partial charge in [0, 0.05) is 27.1 Å². The fourth-order valence-electron chi connectivity index (χ4n) is 2.81. The number of aliphatic carboxylic acids is 1. The highest BCUT2D eigenvalue weighted by molar-refractivity contribution is 9.10. The van der Waals surface area contributed by atoms with Crippen molar-refractivity contribution in [2.75, 3.05) is 11.1 Å². The fourth-order valence-corrected chi connectivity index (χ4v) is 4.31. The molecule has 0 aliphatic heterocycles. The zero-order valence-electron chi connectivity index (χ0n) is 16.7. The first kappa shape index (κ1) is 22.9. The summed E-state index contributed by atoms with van der Waals surface area (Å²) in [5, 5.41) is 15.4. The van der Waals surface area contributed by atoms with Crippen LogP contribution >= 0.6 is 27.7 Å². The number of thioether (sulfide) groups is 1. The number of nitrogens with one attached hydrogen (secondary N) is 1. The van der Waals surface area contributed by atoms with Crippen molar-refractivity contribution >= 4 is 45.4 Å². The normalized spacial score (nSPS) is 11.7. The van der Waals surface area contributed by atoms with Crippen molar-refractivity contribution in [3.63, 3.8) is 0 Å². The second-order valence-electron chi connectivity index (χ2n) is 6.66. The van der Waals surface area contributed by atoms with Gasteiger partial charge in [0.1, 0.15) is 23.7 Å². The zero-order chi connectivity index (χ0) is 22.2. The van der Waals surface area contributed by atoms with Gasteiger partial charge in [-0.2, -0.15) is 11.8 Å². The van der Waals surface area contributed by atoms with E-state index in [-0.39, 0.29) is 6.42 Å². The van der Waals surface area contributed by atoms with Crippen LogP contribution in [-0.2, 0) is 15.3 Å². The van der Waals surface area contributed by atoms with Gasteiger partial charge in [-0.3, -0.25) is 10.1 Å². The number of nitrogens with zero attached hydrogens (tertiary/aromatic N) is 1. The largest absolute Gasteiger partial charge is 0.481 e. The highest BCUT2D eigenvalue weighted by Gasteiger charge is 2.18. The molecule has 1 atom stereocenters. The van der Waals surface area contributed by atoms with Crippen LogP contribution in [0.1, 0.15) is 30.6 Å². The van der Waals surface area contributed by atoms with E-state index in [0.717, 1.165) is 26.9 Å². The third-order valence-corrected chi connectivity index (χ3v) is 6.14. The van der Waals surface area contributed by atoms with E-state index in [1.54, 1.807) is 18.7 Å². The molecule has 0 saturated carbocycles. The molecule has 31 heavy (non-hydrogen) atoms. The van der Waals surface area contributed by atoms with Crippen LogP contribution in [0, 0.1) is 0 Å². The van der Waals surface area contributed by atoms with Crippen LogP contribution in [0.15, 0.2) is 63.8 Å². The Morgan fingerprint density at radius 2 is 1.97 bits per heavy atom. The van der Waals surface area contributed by atoms with Gasteiger partial charge in [0.15, 0.2) is 0 Å². The third kappa shape index (κ3) is 6.60. The molecule has 7 nitrogen and oxygen atoms in total. The number of ether oxygens (including phenoxy) is 1. The molecule has 0 aliphatic carbocycles. The van der Waals surface area contributed by atoms with Crippen molar-refractivity contribution in [1.82, 2.24) is 5.16 Å². The first-order chi connectivity index (χ1) is 14.9. The zero-order valence-corrected chi connectivity index (χ0v) is 19.1. The molecule has 0 aliphatic rings. The molecule has 2 N–H and O–H groups in total. The molecule has 1 amide bonds. The minimum absolute atomic E-state index is 0.145. The van der Waals surface area contributed by atoms with Crippen LogP contribution in [0.4, 0.5) is 10.5 Å². The van der Waals surface area contributed by atoms with Gasteiger partial charge in [-0.05, 0) is 18.6 Å². The van der Waals surface area contributed by atoms with Crippen LogP contribution < -0.4 is 5.32 Å². The van der Waals surface area contributed by atoms with E-state index >= 15 is 0 Å². The number of carbonyl (C=O) groups is 2. The fraction of sp³-hybridized carbons (Fsp3) is 0.227. The number of carbonyl (C=O) groups excluding carboxylic acids is 1.